The Morgan fingerprint density at radius 1 is 0.794 bits per heavy atom. The molecule has 2 heterocycles. The molecule has 0 unspecified atom stereocenters. The summed E-state index contributed by atoms with van der Waals surface area (Å²) in [6.45, 7) is 0. The highest BCUT2D eigenvalue weighted by atomic mass is 19.4. The minimum atomic E-state index is -4.84. The maximum atomic E-state index is 13.4. The summed E-state index contributed by atoms with van der Waals surface area (Å²) in [5.74, 6) is -3.08. The minimum Gasteiger partial charge on any atom is -0.406 e. The number of imide groups is 1. The van der Waals surface area contributed by atoms with Crippen molar-refractivity contribution in [3.05, 3.63) is 90.2 Å². The van der Waals surface area contributed by atoms with Gasteiger partial charge >= 0.3 is 6.36 Å². The third-order valence-electron chi connectivity index (χ3n) is 5.67. The Morgan fingerprint density at radius 2 is 1.44 bits per heavy atom. The number of hydrogen-bond acceptors (Lipinski definition) is 5. The van der Waals surface area contributed by atoms with Crippen molar-refractivity contribution in [2.45, 2.75) is 18.5 Å². The van der Waals surface area contributed by atoms with Crippen LogP contribution >= 0.6 is 0 Å². The Labute approximate surface area is 190 Å². The van der Waals surface area contributed by atoms with E-state index in [0.29, 0.717) is 11.3 Å². The smallest absolute Gasteiger partial charge is 0.406 e. The van der Waals surface area contributed by atoms with Crippen molar-refractivity contribution in [3.63, 3.8) is 0 Å². The lowest BCUT2D eigenvalue weighted by Gasteiger charge is -2.28. The second kappa shape index (κ2) is 8.14. The van der Waals surface area contributed by atoms with Crippen LogP contribution in [0.15, 0.2) is 78.9 Å². The van der Waals surface area contributed by atoms with Gasteiger partial charge in [-0.1, -0.05) is 30.3 Å². The quantitative estimate of drug-likeness (QED) is 0.404. The Hall–Kier alpha value is -3.92. The maximum Gasteiger partial charge on any atom is 0.573 e. The lowest BCUT2D eigenvalue weighted by molar-refractivity contribution is -0.274. The molecular weight excluding hydrogens is 456 g/mol. The van der Waals surface area contributed by atoms with Gasteiger partial charge in [0.05, 0.1) is 17.4 Å². The number of carbonyl (C=O) groups is 2. The molecule has 0 spiro atoms. The zero-order chi connectivity index (χ0) is 24.0. The molecule has 0 aromatic heterocycles. The van der Waals surface area contributed by atoms with Crippen LogP contribution in [-0.4, -0.2) is 24.3 Å². The van der Waals surface area contributed by atoms with Crippen LogP contribution in [0.5, 0.6) is 5.75 Å². The number of carbonyl (C=O) groups excluding carboxylic acids is 2. The van der Waals surface area contributed by atoms with Gasteiger partial charge in [-0.05, 0) is 54.1 Å². The highest BCUT2D eigenvalue weighted by Crippen LogP contribution is 2.47. The summed E-state index contributed by atoms with van der Waals surface area (Å²) in [5.41, 5.74) is 1.22. The van der Waals surface area contributed by atoms with E-state index in [9.17, 15) is 27.2 Å². The predicted molar refractivity (Wildman–Crippen MR) is 112 cm³/mol. The number of ether oxygens (including phenoxy) is 1. The van der Waals surface area contributed by atoms with E-state index in [1.807, 2.05) is 0 Å². The number of para-hydroxylation sites is 1. The maximum absolute atomic E-state index is 13.4. The van der Waals surface area contributed by atoms with Crippen LogP contribution in [0.2, 0.25) is 0 Å². The van der Waals surface area contributed by atoms with E-state index in [-0.39, 0.29) is 5.69 Å². The van der Waals surface area contributed by atoms with Gasteiger partial charge in [0.15, 0.2) is 6.10 Å². The number of fused-ring (bicyclic) bond motifs is 1. The summed E-state index contributed by atoms with van der Waals surface area (Å²) in [5, 5.41) is 1.42. The Bertz CT molecular complexity index is 1220. The molecule has 34 heavy (non-hydrogen) atoms. The first-order valence-electron chi connectivity index (χ1n) is 10.2. The van der Waals surface area contributed by atoms with Crippen LogP contribution < -0.4 is 14.7 Å². The summed E-state index contributed by atoms with van der Waals surface area (Å²) >= 11 is 0. The molecule has 3 aromatic rings. The molecule has 0 aliphatic carbocycles. The summed E-state index contributed by atoms with van der Waals surface area (Å²) < 4.78 is 55.0. The molecule has 0 radical (unpaired) electrons. The average Bonchev–Trinajstić information content (AvgIpc) is 3.31. The fraction of sp³-hybridized carbons (Fsp3) is 0.167. The Kier molecular flexibility index (Phi) is 5.24. The first-order valence-corrected chi connectivity index (χ1v) is 10.2. The third-order valence-corrected chi connectivity index (χ3v) is 5.67. The standard InChI is InChI=1S/C24H16F4N2O4/c25-15-8-10-16(11-9-15)29-22(31)19-20(14-6-12-18(13-7-14)33-24(26,27)28)30(34-21(19)23(29)32)17-4-2-1-3-5-17/h1-13,19-21H/t19-,20-,21+/m0/s1. The minimum absolute atomic E-state index is 0.202. The van der Waals surface area contributed by atoms with Gasteiger partial charge in [-0.3, -0.25) is 14.4 Å². The van der Waals surface area contributed by atoms with Crippen LogP contribution in [0.4, 0.5) is 28.9 Å². The molecule has 2 saturated heterocycles. The van der Waals surface area contributed by atoms with Gasteiger partial charge in [-0.2, -0.15) is 0 Å². The molecule has 2 aliphatic heterocycles. The normalized spacial score (nSPS) is 22.3. The number of amides is 2. The van der Waals surface area contributed by atoms with E-state index in [1.54, 1.807) is 30.3 Å². The number of anilines is 2. The molecule has 0 N–H and O–H groups in total. The zero-order valence-electron chi connectivity index (χ0n) is 17.3. The average molecular weight is 472 g/mol. The van der Waals surface area contributed by atoms with Crippen molar-refractivity contribution in [2.24, 2.45) is 5.92 Å². The number of alkyl halides is 3. The Balaban J connectivity index is 1.53. The SMILES string of the molecule is O=C1[C@@H]2[C@@H](ON(c3ccccc3)[C@H]2c2ccc(OC(F)(F)F)cc2)C(=O)N1c1ccc(F)cc1. The lowest BCUT2D eigenvalue weighted by atomic mass is 9.90. The first kappa shape index (κ1) is 21.9. The van der Waals surface area contributed by atoms with Crippen molar-refractivity contribution in [1.82, 2.24) is 0 Å². The summed E-state index contributed by atoms with van der Waals surface area (Å²) in [6.07, 6.45) is -6.00. The van der Waals surface area contributed by atoms with Gasteiger partial charge in [0.2, 0.25) is 5.91 Å². The number of hydrogen-bond donors (Lipinski definition) is 0. The van der Waals surface area contributed by atoms with Crippen LogP contribution in [-0.2, 0) is 14.4 Å². The van der Waals surface area contributed by atoms with Gasteiger partial charge < -0.3 is 4.74 Å². The molecule has 0 bridgehead atoms. The topological polar surface area (TPSA) is 59.1 Å². The van der Waals surface area contributed by atoms with E-state index in [2.05, 4.69) is 4.74 Å². The monoisotopic (exact) mass is 472 g/mol. The predicted octanol–water partition coefficient (Wildman–Crippen LogP) is 4.78. The molecule has 174 valence electrons. The number of benzene rings is 3. The largest absolute Gasteiger partial charge is 0.573 e. The molecule has 0 saturated carbocycles. The highest BCUT2D eigenvalue weighted by molar-refractivity contribution is 6.23. The van der Waals surface area contributed by atoms with Gasteiger partial charge in [-0.15, -0.1) is 13.2 Å². The third kappa shape index (κ3) is 3.86. The van der Waals surface area contributed by atoms with Crippen LogP contribution in [0, 0.1) is 11.7 Å². The van der Waals surface area contributed by atoms with Gasteiger partial charge in [0, 0.05) is 0 Å². The Morgan fingerprint density at radius 3 is 2.06 bits per heavy atom. The molecule has 6 nitrogen and oxygen atoms in total. The summed E-state index contributed by atoms with van der Waals surface area (Å²) in [4.78, 5) is 33.5. The molecule has 3 atom stereocenters. The number of halogens is 4. The molecule has 3 aromatic carbocycles. The summed E-state index contributed by atoms with van der Waals surface area (Å²) in [6, 6.07) is 17.9. The van der Waals surface area contributed by atoms with Crippen LogP contribution in [0.25, 0.3) is 0 Å². The highest BCUT2D eigenvalue weighted by Gasteiger charge is 2.60. The molecule has 2 amide bonds. The number of rotatable bonds is 4. The molecule has 5 rings (SSSR count). The number of hydroxylamine groups is 1. The fourth-order valence-electron chi connectivity index (χ4n) is 4.26. The van der Waals surface area contributed by atoms with Crippen molar-refractivity contribution in [2.75, 3.05) is 9.96 Å². The molecule has 10 heteroatoms. The van der Waals surface area contributed by atoms with Crippen LogP contribution in [0.3, 0.4) is 0 Å². The van der Waals surface area contributed by atoms with Crippen molar-refractivity contribution >= 4 is 23.2 Å². The van der Waals surface area contributed by atoms with E-state index in [1.165, 1.54) is 29.3 Å². The lowest BCUT2D eigenvalue weighted by Crippen LogP contribution is -2.37. The van der Waals surface area contributed by atoms with Crippen molar-refractivity contribution in [1.29, 1.82) is 0 Å². The second-order valence-corrected chi connectivity index (χ2v) is 7.76. The summed E-state index contributed by atoms with van der Waals surface area (Å²) in [7, 11) is 0. The second-order valence-electron chi connectivity index (χ2n) is 7.76. The molecule has 2 aliphatic rings. The zero-order valence-corrected chi connectivity index (χ0v) is 17.3. The van der Waals surface area contributed by atoms with E-state index in [4.69, 9.17) is 4.84 Å². The van der Waals surface area contributed by atoms with Crippen molar-refractivity contribution in [3.8, 4) is 5.75 Å². The van der Waals surface area contributed by atoms with Gasteiger partial charge in [-0.25, -0.2) is 14.4 Å². The van der Waals surface area contributed by atoms with Gasteiger partial charge in [0.25, 0.3) is 5.91 Å². The van der Waals surface area contributed by atoms with E-state index < -0.39 is 47.8 Å². The van der Waals surface area contributed by atoms with E-state index >= 15 is 0 Å². The fourth-order valence-corrected chi connectivity index (χ4v) is 4.26. The van der Waals surface area contributed by atoms with Crippen molar-refractivity contribution < 1.29 is 36.7 Å². The van der Waals surface area contributed by atoms with E-state index in [0.717, 1.165) is 29.2 Å². The van der Waals surface area contributed by atoms with Gasteiger partial charge in [0.1, 0.15) is 17.5 Å². The first-order chi connectivity index (χ1) is 16.2. The molecular formula is C24H16F4N2O4. The van der Waals surface area contributed by atoms with Crippen LogP contribution in [0.1, 0.15) is 11.6 Å². The number of nitrogens with zero attached hydrogens (tertiary/aromatic N) is 2. The molecule has 2 fully saturated rings.